The highest BCUT2D eigenvalue weighted by Gasteiger charge is 2.25. The molecule has 2 rings (SSSR count). The lowest BCUT2D eigenvalue weighted by atomic mass is 10.1. The fourth-order valence-corrected chi connectivity index (χ4v) is 3.35. The van der Waals surface area contributed by atoms with Crippen LogP contribution in [0.3, 0.4) is 0 Å². The summed E-state index contributed by atoms with van der Waals surface area (Å²) in [5.41, 5.74) is 3.88. The molecule has 1 aromatic heterocycles. The largest absolute Gasteiger partial charge is 0.354 e. The Morgan fingerprint density at radius 1 is 1.25 bits per heavy atom. The second-order valence-corrected chi connectivity index (χ2v) is 5.89. The van der Waals surface area contributed by atoms with Crippen molar-refractivity contribution in [3.63, 3.8) is 0 Å². The Balaban J connectivity index is 2.35. The average molecular weight is 275 g/mol. The van der Waals surface area contributed by atoms with Gasteiger partial charge in [-0.2, -0.15) is 0 Å². The van der Waals surface area contributed by atoms with Crippen LogP contribution in [-0.4, -0.2) is 24.1 Å². The maximum Gasteiger partial charge on any atom is 0.133 e. The molecule has 0 unspecified atom stereocenters. The Labute approximate surface area is 123 Å². The van der Waals surface area contributed by atoms with Crippen molar-refractivity contribution in [2.75, 3.05) is 18.0 Å². The molecule has 1 aromatic rings. The molecule has 1 N–H and O–H groups in total. The SMILES string of the molecule is CCNCc1c(C)cc(C)nc1N(CC)C1CCCC1. The van der Waals surface area contributed by atoms with Crippen LogP contribution in [0.15, 0.2) is 6.07 Å². The van der Waals surface area contributed by atoms with Crippen molar-refractivity contribution >= 4 is 5.82 Å². The van der Waals surface area contributed by atoms with Gasteiger partial charge in [0, 0.05) is 30.4 Å². The van der Waals surface area contributed by atoms with Gasteiger partial charge in [-0.05, 0) is 51.8 Å². The van der Waals surface area contributed by atoms with Crippen LogP contribution in [0.1, 0.15) is 56.4 Å². The minimum absolute atomic E-state index is 0.689. The van der Waals surface area contributed by atoms with E-state index < -0.39 is 0 Å². The van der Waals surface area contributed by atoms with E-state index >= 15 is 0 Å². The zero-order chi connectivity index (χ0) is 14.5. The summed E-state index contributed by atoms with van der Waals surface area (Å²) >= 11 is 0. The van der Waals surface area contributed by atoms with Gasteiger partial charge in [0.25, 0.3) is 0 Å². The van der Waals surface area contributed by atoms with Crippen LogP contribution in [0.2, 0.25) is 0 Å². The van der Waals surface area contributed by atoms with Gasteiger partial charge in [-0.15, -0.1) is 0 Å². The van der Waals surface area contributed by atoms with E-state index in [0.29, 0.717) is 6.04 Å². The summed E-state index contributed by atoms with van der Waals surface area (Å²) in [5, 5.41) is 3.47. The van der Waals surface area contributed by atoms with Crippen molar-refractivity contribution in [2.45, 2.75) is 66.0 Å². The van der Waals surface area contributed by atoms with Crippen LogP contribution >= 0.6 is 0 Å². The van der Waals surface area contributed by atoms with Crippen molar-refractivity contribution in [3.8, 4) is 0 Å². The van der Waals surface area contributed by atoms with E-state index in [1.165, 1.54) is 42.6 Å². The number of nitrogens with one attached hydrogen (secondary N) is 1. The van der Waals surface area contributed by atoms with Gasteiger partial charge < -0.3 is 10.2 Å². The fourth-order valence-electron chi connectivity index (χ4n) is 3.35. The van der Waals surface area contributed by atoms with Crippen LogP contribution in [0.4, 0.5) is 5.82 Å². The monoisotopic (exact) mass is 275 g/mol. The summed E-state index contributed by atoms with van der Waals surface area (Å²) in [6, 6.07) is 2.90. The van der Waals surface area contributed by atoms with E-state index in [2.05, 4.69) is 44.0 Å². The van der Waals surface area contributed by atoms with Gasteiger partial charge >= 0.3 is 0 Å². The summed E-state index contributed by atoms with van der Waals surface area (Å²) in [6.07, 6.45) is 5.38. The first-order chi connectivity index (χ1) is 9.67. The van der Waals surface area contributed by atoms with Gasteiger partial charge in [-0.25, -0.2) is 4.98 Å². The molecule has 0 spiro atoms. The van der Waals surface area contributed by atoms with Crippen LogP contribution in [0.25, 0.3) is 0 Å². The predicted molar refractivity (Wildman–Crippen MR) is 86.4 cm³/mol. The van der Waals surface area contributed by atoms with Crippen LogP contribution in [0.5, 0.6) is 0 Å². The number of aryl methyl sites for hydroxylation is 2. The zero-order valence-corrected chi connectivity index (χ0v) is 13.5. The molecule has 0 radical (unpaired) electrons. The van der Waals surface area contributed by atoms with Gasteiger partial charge in [0.15, 0.2) is 0 Å². The van der Waals surface area contributed by atoms with Gasteiger partial charge in [-0.3, -0.25) is 0 Å². The van der Waals surface area contributed by atoms with Gasteiger partial charge in [-0.1, -0.05) is 19.8 Å². The first-order valence-electron chi connectivity index (χ1n) is 8.11. The van der Waals surface area contributed by atoms with E-state index in [0.717, 1.165) is 25.3 Å². The van der Waals surface area contributed by atoms with Crippen molar-refractivity contribution in [1.29, 1.82) is 0 Å². The van der Waals surface area contributed by atoms with E-state index in [-0.39, 0.29) is 0 Å². The normalized spacial score (nSPS) is 15.8. The molecule has 0 amide bonds. The maximum absolute atomic E-state index is 4.89. The lowest BCUT2D eigenvalue weighted by molar-refractivity contribution is 0.605. The third kappa shape index (κ3) is 3.32. The Morgan fingerprint density at radius 2 is 1.95 bits per heavy atom. The number of hydrogen-bond donors (Lipinski definition) is 1. The second-order valence-electron chi connectivity index (χ2n) is 5.89. The number of aromatic nitrogens is 1. The van der Waals surface area contributed by atoms with E-state index in [9.17, 15) is 0 Å². The standard InChI is InChI=1S/C17H29N3/c1-5-18-12-16-13(3)11-14(4)19-17(16)20(6-2)15-9-7-8-10-15/h11,15,18H,5-10,12H2,1-4H3. The van der Waals surface area contributed by atoms with Gasteiger partial charge in [0.05, 0.1) is 0 Å². The van der Waals surface area contributed by atoms with Gasteiger partial charge in [0.2, 0.25) is 0 Å². The quantitative estimate of drug-likeness (QED) is 0.860. The Hall–Kier alpha value is -1.09. The summed E-state index contributed by atoms with van der Waals surface area (Å²) in [4.78, 5) is 7.43. The molecule has 1 fully saturated rings. The molecule has 1 heterocycles. The van der Waals surface area contributed by atoms with Crippen molar-refractivity contribution in [3.05, 3.63) is 22.9 Å². The summed E-state index contributed by atoms with van der Waals surface area (Å²) in [5.74, 6) is 1.22. The molecular weight excluding hydrogens is 246 g/mol. The van der Waals surface area contributed by atoms with Crippen molar-refractivity contribution < 1.29 is 0 Å². The molecule has 3 heteroatoms. The molecular formula is C17H29N3. The minimum Gasteiger partial charge on any atom is -0.354 e. The summed E-state index contributed by atoms with van der Waals surface area (Å²) in [7, 11) is 0. The molecule has 1 aliphatic rings. The number of anilines is 1. The highest BCUT2D eigenvalue weighted by molar-refractivity contribution is 5.52. The minimum atomic E-state index is 0.689. The Bertz CT molecular complexity index is 436. The molecule has 0 atom stereocenters. The van der Waals surface area contributed by atoms with E-state index in [4.69, 9.17) is 4.98 Å². The predicted octanol–water partition coefficient (Wildman–Crippen LogP) is 3.58. The molecule has 0 aliphatic heterocycles. The first-order valence-corrected chi connectivity index (χ1v) is 8.11. The fraction of sp³-hybridized carbons (Fsp3) is 0.706. The molecule has 1 saturated carbocycles. The molecule has 112 valence electrons. The first kappa shape index (κ1) is 15.3. The number of nitrogens with zero attached hydrogens (tertiary/aromatic N) is 2. The number of pyridine rings is 1. The van der Waals surface area contributed by atoms with Gasteiger partial charge in [0.1, 0.15) is 5.82 Å². The van der Waals surface area contributed by atoms with E-state index in [1.54, 1.807) is 0 Å². The molecule has 1 aliphatic carbocycles. The highest BCUT2D eigenvalue weighted by atomic mass is 15.2. The van der Waals surface area contributed by atoms with Crippen LogP contribution < -0.4 is 10.2 Å². The zero-order valence-electron chi connectivity index (χ0n) is 13.5. The maximum atomic E-state index is 4.89. The average Bonchev–Trinajstić information content (AvgIpc) is 2.92. The Morgan fingerprint density at radius 3 is 2.55 bits per heavy atom. The smallest absolute Gasteiger partial charge is 0.133 e. The third-order valence-electron chi connectivity index (χ3n) is 4.38. The van der Waals surface area contributed by atoms with Crippen molar-refractivity contribution in [2.24, 2.45) is 0 Å². The van der Waals surface area contributed by atoms with Crippen LogP contribution in [-0.2, 0) is 6.54 Å². The summed E-state index contributed by atoms with van der Waals surface area (Å²) in [6.45, 7) is 11.7. The number of hydrogen-bond acceptors (Lipinski definition) is 3. The summed E-state index contributed by atoms with van der Waals surface area (Å²) < 4.78 is 0. The molecule has 0 aromatic carbocycles. The van der Waals surface area contributed by atoms with Crippen molar-refractivity contribution in [1.82, 2.24) is 10.3 Å². The highest BCUT2D eigenvalue weighted by Crippen LogP contribution is 2.30. The number of rotatable bonds is 6. The molecule has 0 bridgehead atoms. The lowest BCUT2D eigenvalue weighted by Gasteiger charge is -2.31. The van der Waals surface area contributed by atoms with E-state index in [1.807, 2.05) is 0 Å². The Kier molecular flexibility index (Phi) is 5.41. The van der Waals surface area contributed by atoms with Crippen LogP contribution in [0, 0.1) is 13.8 Å². The molecule has 3 nitrogen and oxygen atoms in total. The lowest BCUT2D eigenvalue weighted by Crippen LogP contribution is -2.35. The second kappa shape index (κ2) is 7.07. The molecule has 20 heavy (non-hydrogen) atoms. The topological polar surface area (TPSA) is 28.2 Å². The third-order valence-corrected chi connectivity index (χ3v) is 4.38. The molecule has 0 saturated heterocycles.